The number of hydrogen-bond acceptors (Lipinski definition) is 18. The molecule has 106 heavy (non-hydrogen) atoms. The minimum absolute atomic E-state index is 0.157. The van der Waals surface area contributed by atoms with Crippen molar-refractivity contribution in [3.8, 4) is 159 Å². The monoisotopic (exact) mass is 1440 g/mol. The topological polar surface area (TPSA) is 281 Å². The van der Waals surface area contributed by atoms with E-state index in [-0.39, 0.29) is 26.2 Å². The van der Waals surface area contributed by atoms with Crippen LogP contribution in [-0.4, -0.2) is 97.5 Å². The molecule has 0 radical (unpaired) electrons. The maximum Gasteiger partial charge on any atom is 0.129 e. The predicted molar refractivity (Wildman–Crippen MR) is 408 cm³/mol. The summed E-state index contributed by atoms with van der Waals surface area (Å²) < 4.78 is 28.3. The molecule has 0 spiro atoms. The Morgan fingerprint density at radius 3 is 1.04 bits per heavy atom. The molecule has 24 heteroatoms. The third-order valence-electron chi connectivity index (χ3n) is 16.5. The van der Waals surface area contributed by atoms with Crippen LogP contribution in [0.4, 0.5) is 0 Å². The molecule has 0 fully saturated rings. The summed E-state index contributed by atoms with van der Waals surface area (Å²) in [6.45, 7) is 8.71. The van der Waals surface area contributed by atoms with Gasteiger partial charge in [-0.2, -0.15) is 41.4 Å². The third kappa shape index (κ3) is 18.0. The Kier molecular flexibility index (Phi) is 24.2. The van der Waals surface area contributed by atoms with Gasteiger partial charge in [-0.1, -0.05) is 23.2 Å². The molecule has 524 valence electrons. The molecule has 10 aromatic heterocycles. The van der Waals surface area contributed by atoms with Gasteiger partial charge in [-0.05, 0) is 218 Å². The van der Waals surface area contributed by atoms with Crippen molar-refractivity contribution >= 4 is 23.2 Å². The molecule has 0 aliphatic heterocycles. The molecule has 14 rings (SSSR count). The van der Waals surface area contributed by atoms with Gasteiger partial charge in [0.1, 0.15) is 70.9 Å². The summed E-state index contributed by atoms with van der Waals surface area (Å²) in [7, 11) is 6.57. The number of hydrogen-bond donors (Lipinski definition) is 0. The van der Waals surface area contributed by atoms with E-state index in [1.807, 2.05) is 161 Å². The first-order valence-electron chi connectivity index (χ1n) is 33.0. The molecule has 0 N–H and O–H groups in total. The molecule has 4 aromatic carbocycles. The Morgan fingerprint density at radius 1 is 0.349 bits per heavy atom. The van der Waals surface area contributed by atoms with E-state index in [9.17, 15) is 5.26 Å². The smallest absolute Gasteiger partial charge is 0.129 e. The van der Waals surface area contributed by atoms with Crippen LogP contribution in [0.2, 0.25) is 10.3 Å². The minimum Gasteiger partial charge on any atom is -0.497 e. The van der Waals surface area contributed by atoms with Crippen LogP contribution in [0.5, 0.6) is 23.0 Å². The second-order valence-corrected chi connectivity index (χ2v) is 24.7. The first kappa shape index (κ1) is 73.6. The zero-order valence-corrected chi connectivity index (χ0v) is 60.6. The maximum absolute atomic E-state index is 9.27. The standard InChI is InChI=1S/2C23H19N5O.2C18H15ClN4O/c1-16-10-19(12-20(11-16)29-2)23-21(15-28(27-23)9-6-24)17-5-8-26-22(13-17)18-4-3-7-25-14-18;1-16-10-19(12-20(11-16)29-2)23-21(15-27-28(23)9-6-24)17-5-8-26-22(13-17)18-4-3-7-25-14-18;1-12-7-14(9-15(8-12)24-2)18-16(11-23(22-18)6-4-20)13-3-5-21-17(19)10-13;1-12-7-14(9-15(8-12)24-2)18-16(11-22-23(18)6-4-20)13-3-5-21-17(19)10-13/h2*3-5,7-8,10-15H,9H2,1-2H3;2*3,5,7-11H,6H2,1-2H3. The van der Waals surface area contributed by atoms with Gasteiger partial charge < -0.3 is 18.9 Å². The SMILES string of the molecule is COc1cc(C)cc(-c2c(-c3ccnc(-c4cccnc4)c3)cnn2CC#N)c1.COc1cc(C)cc(-c2c(-c3ccnc(Cl)c3)cnn2CC#N)c1.COc1cc(C)cc(-c2nn(CC#N)cc2-c2ccnc(-c3cccnc3)c2)c1.COc1cc(C)cc(-c2nn(CC#N)cc2-c2ccnc(Cl)c2)c1. The lowest BCUT2D eigenvalue weighted by molar-refractivity contribution is 0.414. The zero-order chi connectivity index (χ0) is 74.6. The first-order chi connectivity index (χ1) is 51.6. The number of benzene rings is 4. The quantitative estimate of drug-likeness (QED) is 0.0721. The molecule has 0 saturated carbocycles. The molecule has 0 bridgehead atoms. The number of methoxy groups -OCH3 is 4. The van der Waals surface area contributed by atoms with E-state index in [2.05, 4.69) is 86.7 Å². The molecule has 0 amide bonds. The Bertz CT molecular complexity index is 5490. The number of pyridine rings is 6. The van der Waals surface area contributed by atoms with Crippen molar-refractivity contribution in [1.29, 1.82) is 21.0 Å². The summed E-state index contributed by atoms with van der Waals surface area (Å²) in [4.78, 5) is 25.4. The lowest BCUT2D eigenvalue weighted by atomic mass is 9.99. The van der Waals surface area contributed by atoms with E-state index < -0.39 is 0 Å². The van der Waals surface area contributed by atoms with Gasteiger partial charge in [0.15, 0.2) is 0 Å². The number of rotatable bonds is 18. The Morgan fingerprint density at radius 2 is 0.689 bits per heavy atom. The third-order valence-corrected chi connectivity index (χ3v) is 16.9. The van der Waals surface area contributed by atoms with Crippen LogP contribution in [0, 0.1) is 73.0 Å². The van der Waals surface area contributed by atoms with Crippen LogP contribution >= 0.6 is 23.2 Å². The Hall–Kier alpha value is -13.6. The molecule has 22 nitrogen and oxygen atoms in total. The van der Waals surface area contributed by atoms with Gasteiger partial charge in [0, 0.05) is 118 Å². The number of aryl methyl sites for hydroxylation is 4. The van der Waals surface area contributed by atoms with Crippen molar-refractivity contribution in [2.45, 2.75) is 53.9 Å². The normalized spacial score (nSPS) is 10.5. The lowest BCUT2D eigenvalue weighted by Crippen LogP contribution is -2.01. The zero-order valence-electron chi connectivity index (χ0n) is 59.1. The van der Waals surface area contributed by atoms with E-state index >= 15 is 0 Å². The second kappa shape index (κ2) is 34.8. The van der Waals surface area contributed by atoms with Crippen molar-refractivity contribution in [2.24, 2.45) is 0 Å². The molecular formula is C82H68Cl2N18O4. The number of ether oxygens (including phenoxy) is 4. The molecule has 0 aliphatic carbocycles. The molecule has 10 heterocycles. The van der Waals surface area contributed by atoms with Crippen molar-refractivity contribution in [1.82, 2.24) is 69.0 Å². The first-order valence-corrected chi connectivity index (χ1v) is 33.7. The fourth-order valence-corrected chi connectivity index (χ4v) is 12.2. The molecule has 0 atom stereocenters. The largest absolute Gasteiger partial charge is 0.497 e. The average molecular weight is 1440 g/mol. The number of halogens is 2. The van der Waals surface area contributed by atoms with Gasteiger partial charge in [0.25, 0.3) is 0 Å². The molecule has 0 aliphatic rings. The Labute approximate surface area is 622 Å². The predicted octanol–water partition coefficient (Wildman–Crippen LogP) is 17.2. The Balaban J connectivity index is 0.000000142. The van der Waals surface area contributed by atoms with E-state index in [1.54, 1.807) is 121 Å². The van der Waals surface area contributed by atoms with Crippen LogP contribution in [0.1, 0.15) is 22.3 Å². The maximum atomic E-state index is 9.27. The molecular weight excluding hydrogens is 1370 g/mol. The summed E-state index contributed by atoms with van der Waals surface area (Å²) in [5.74, 6) is 3.06. The highest BCUT2D eigenvalue weighted by Gasteiger charge is 2.21. The van der Waals surface area contributed by atoms with E-state index in [0.717, 1.165) is 157 Å². The number of nitriles is 4. The summed E-state index contributed by atoms with van der Waals surface area (Å²) in [5.41, 5.74) is 22.2. The highest BCUT2D eigenvalue weighted by molar-refractivity contribution is 6.30. The van der Waals surface area contributed by atoms with Crippen LogP contribution in [0.3, 0.4) is 0 Å². The van der Waals surface area contributed by atoms with Crippen LogP contribution in [0.15, 0.2) is 220 Å². The van der Waals surface area contributed by atoms with Crippen molar-refractivity contribution in [2.75, 3.05) is 28.4 Å². The fourth-order valence-electron chi connectivity index (χ4n) is 11.9. The van der Waals surface area contributed by atoms with Crippen molar-refractivity contribution in [3.63, 3.8) is 0 Å². The van der Waals surface area contributed by atoms with Crippen LogP contribution in [-0.2, 0) is 26.2 Å². The highest BCUT2D eigenvalue weighted by atomic mass is 35.5. The summed E-state index contributed by atoms with van der Waals surface area (Å²) in [6.07, 6.45) is 21.2. The van der Waals surface area contributed by atoms with Crippen molar-refractivity contribution in [3.05, 3.63) is 253 Å². The number of nitrogens with zero attached hydrogens (tertiary/aromatic N) is 18. The van der Waals surface area contributed by atoms with Crippen molar-refractivity contribution < 1.29 is 18.9 Å². The van der Waals surface area contributed by atoms with Gasteiger partial charge in [-0.25, -0.2) is 9.97 Å². The molecule has 0 unspecified atom stereocenters. The van der Waals surface area contributed by atoms with Gasteiger partial charge in [0.05, 0.1) is 87.9 Å². The van der Waals surface area contributed by atoms with Gasteiger partial charge in [0.2, 0.25) is 0 Å². The van der Waals surface area contributed by atoms with Crippen LogP contribution < -0.4 is 18.9 Å². The minimum atomic E-state index is 0.157. The molecule has 14 aromatic rings. The summed E-state index contributed by atoms with van der Waals surface area (Å²) in [5, 5.41) is 55.4. The second-order valence-electron chi connectivity index (χ2n) is 24.0. The highest BCUT2D eigenvalue weighted by Crippen LogP contribution is 2.40. The summed E-state index contributed by atoms with van der Waals surface area (Å²) in [6, 6.07) is 55.4. The average Bonchev–Trinajstić information content (AvgIpc) is 1.63. The number of aromatic nitrogens is 14. The van der Waals surface area contributed by atoms with Crippen LogP contribution in [0.25, 0.3) is 112 Å². The summed E-state index contributed by atoms with van der Waals surface area (Å²) >= 11 is 12.0. The fraction of sp³-hybridized carbons (Fsp3) is 0.146. The molecule has 0 saturated heterocycles. The van der Waals surface area contributed by atoms with Gasteiger partial charge in [-0.3, -0.25) is 38.7 Å². The van der Waals surface area contributed by atoms with E-state index in [4.69, 9.17) is 57.9 Å². The lowest BCUT2D eigenvalue weighted by Gasteiger charge is -2.11. The van der Waals surface area contributed by atoms with E-state index in [0.29, 0.717) is 10.3 Å². The van der Waals surface area contributed by atoms with Gasteiger partial charge >= 0.3 is 0 Å². The van der Waals surface area contributed by atoms with E-state index in [1.165, 1.54) is 0 Å². The van der Waals surface area contributed by atoms with Gasteiger partial charge in [-0.15, -0.1) is 0 Å².